The van der Waals surface area contributed by atoms with Crippen molar-refractivity contribution in [3.63, 3.8) is 0 Å². The van der Waals surface area contributed by atoms with Crippen molar-refractivity contribution in [2.75, 3.05) is 6.61 Å². The first-order valence-corrected chi connectivity index (χ1v) is 7.19. The zero-order valence-corrected chi connectivity index (χ0v) is 11.6. The van der Waals surface area contributed by atoms with Crippen molar-refractivity contribution in [2.24, 2.45) is 11.7 Å². The predicted octanol–water partition coefficient (Wildman–Crippen LogP) is 3.84. The minimum absolute atomic E-state index is 0.137. The van der Waals surface area contributed by atoms with Gasteiger partial charge in [0.25, 0.3) is 0 Å². The molecule has 2 rings (SSSR count). The maximum absolute atomic E-state index is 6.63. The first kappa shape index (κ1) is 13.4. The van der Waals surface area contributed by atoms with Crippen LogP contribution in [0.2, 0.25) is 0 Å². The van der Waals surface area contributed by atoms with Gasteiger partial charge in [-0.3, -0.25) is 0 Å². The van der Waals surface area contributed by atoms with Gasteiger partial charge in [0.05, 0.1) is 6.61 Å². The van der Waals surface area contributed by atoms with E-state index in [1.165, 1.54) is 24.8 Å². The summed E-state index contributed by atoms with van der Waals surface area (Å²) in [6.45, 7) is 5.18. The van der Waals surface area contributed by atoms with E-state index in [2.05, 4.69) is 38.1 Å². The van der Waals surface area contributed by atoms with Crippen molar-refractivity contribution >= 4 is 0 Å². The average molecular weight is 247 g/mol. The molecule has 0 heterocycles. The smallest absolute Gasteiger partial charge is 0.119 e. The Morgan fingerprint density at radius 2 is 2.00 bits per heavy atom. The highest BCUT2D eigenvalue weighted by molar-refractivity contribution is 5.32. The van der Waals surface area contributed by atoms with E-state index in [1.807, 2.05) is 0 Å². The third kappa shape index (κ3) is 2.69. The van der Waals surface area contributed by atoms with Crippen LogP contribution in [-0.2, 0) is 5.54 Å². The summed E-state index contributed by atoms with van der Waals surface area (Å²) in [6.07, 6.45) is 5.94. The first-order valence-electron chi connectivity index (χ1n) is 7.19. The topological polar surface area (TPSA) is 35.2 Å². The fourth-order valence-corrected chi connectivity index (χ4v) is 2.88. The van der Waals surface area contributed by atoms with E-state index in [4.69, 9.17) is 10.5 Å². The molecular formula is C16H25NO. The monoisotopic (exact) mass is 247 g/mol. The highest BCUT2D eigenvalue weighted by atomic mass is 16.5. The molecule has 1 aromatic carbocycles. The quantitative estimate of drug-likeness (QED) is 0.877. The van der Waals surface area contributed by atoms with E-state index in [0.717, 1.165) is 25.2 Å². The number of nitrogens with two attached hydrogens (primary N) is 1. The fraction of sp³-hybridized carbons (Fsp3) is 0.625. The molecule has 0 saturated heterocycles. The van der Waals surface area contributed by atoms with E-state index in [0.29, 0.717) is 5.92 Å². The Kier molecular flexibility index (Phi) is 4.28. The zero-order chi connectivity index (χ0) is 13.0. The SMILES string of the molecule is CCCOc1ccc(C2(N)CCCCC2C)cc1. The lowest BCUT2D eigenvalue weighted by atomic mass is 9.70. The molecule has 2 N–H and O–H groups in total. The summed E-state index contributed by atoms with van der Waals surface area (Å²) in [5.41, 5.74) is 7.76. The van der Waals surface area contributed by atoms with Crippen LogP contribution in [0.1, 0.15) is 51.5 Å². The molecule has 0 aliphatic heterocycles. The zero-order valence-electron chi connectivity index (χ0n) is 11.6. The second kappa shape index (κ2) is 5.75. The largest absolute Gasteiger partial charge is 0.494 e. The summed E-state index contributed by atoms with van der Waals surface area (Å²) in [5.74, 6) is 1.52. The van der Waals surface area contributed by atoms with E-state index in [-0.39, 0.29) is 5.54 Å². The first-order chi connectivity index (χ1) is 8.66. The fourth-order valence-electron chi connectivity index (χ4n) is 2.88. The van der Waals surface area contributed by atoms with Crippen LogP contribution in [0.5, 0.6) is 5.75 Å². The van der Waals surface area contributed by atoms with Crippen molar-refractivity contribution in [3.8, 4) is 5.75 Å². The second-order valence-corrected chi connectivity index (χ2v) is 5.56. The van der Waals surface area contributed by atoms with E-state index < -0.39 is 0 Å². The van der Waals surface area contributed by atoms with Gasteiger partial charge in [-0.25, -0.2) is 0 Å². The molecule has 2 unspecified atom stereocenters. The molecule has 0 bridgehead atoms. The molecule has 18 heavy (non-hydrogen) atoms. The predicted molar refractivity (Wildman–Crippen MR) is 75.7 cm³/mol. The van der Waals surface area contributed by atoms with Crippen LogP contribution in [-0.4, -0.2) is 6.61 Å². The molecule has 0 radical (unpaired) electrons. The Morgan fingerprint density at radius 1 is 1.28 bits per heavy atom. The summed E-state index contributed by atoms with van der Waals surface area (Å²) in [5, 5.41) is 0. The van der Waals surface area contributed by atoms with Crippen molar-refractivity contribution in [2.45, 2.75) is 51.5 Å². The Labute approximate surface area is 111 Å². The van der Waals surface area contributed by atoms with E-state index in [9.17, 15) is 0 Å². The molecule has 1 aromatic rings. The Balaban J connectivity index is 2.12. The van der Waals surface area contributed by atoms with Crippen LogP contribution in [0.4, 0.5) is 0 Å². The summed E-state index contributed by atoms with van der Waals surface area (Å²) < 4.78 is 5.62. The van der Waals surface area contributed by atoms with E-state index in [1.54, 1.807) is 0 Å². The lowest BCUT2D eigenvalue weighted by molar-refractivity contribution is 0.206. The molecule has 2 heteroatoms. The van der Waals surface area contributed by atoms with E-state index >= 15 is 0 Å². The lowest BCUT2D eigenvalue weighted by Gasteiger charge is -2.40. The standard InChI is InChI=1S/C16H25NO/c1-3-12-18-15-9-7-14(8-10-15)16(17)11-5-4-6-13(16)2/h7-10,13H,3-6,11-12,17H2,1-2H3. The molecule has 1 saturated carbocycles. The third-order valence-corrected chi connectivity index (χ3v) is 4.22. The van der Waals surface area contributed by atoms with Gasteiger partial charge in [-0.15, -0.1) is 0 Å². The van der Waals surface area contributed by atoms with Gasteiger partial charge in [-0.2, -0.15) is 0 Å². The molecule has 1 aliphatic carbocycles. The van der Waals surface area contributed by atoms with Crippen molar-refractivity contribution in [1.82, 2.24) is 0 Å². The van der Waals surface area contributed by atoms with Crippen LogP contribution in [0.25, 0.3) is 0 Å². The van der Waals surface area contributed by atoms with Gasteiger partial charge in [0.15, 0.2) is 0 Å². The van der Waals surface area contributed by atoms with Crippen LogP contribution < -0.4 is 10.5 Å². The Bertz CT molecular complexity index is 373. The summed E-state index contributed by atoms with van der Waals surface area (Å²) in [4.78, 5) is 0. The number of rotatable bonds is 4. The molecule has 2 nitrogen and oxygen atoms in total. The maximum atomic E-state index is 6.63. The summed E-state index contributed by atoms with van der Waals surface area (Å²) in [7, 11) is 0. The lowest BCUT2D eigenvalue weighted by Crippen LogP contribution is -2.45. The molecule has 0 aromatic heterocycles. The number of hydrogen-bond acceptors (Lipinski definition) is 2. The van der Waals surface area contributed by atoms with Crippen LogP contribution in [0.3, 0.4) is 0 Å². The van der Waals surface area contributed by atoms with Gasteiger partial charge in [-0.1, -0.05) is 38.8 Å². The van der Waals surface area contributed by atoms with Gasteiger partial charge >= 0.3 is 0 Å². The van der Waals surface area contributed by atoms with Crippen LogP contribution in [0, 0.1) is 5.92 Å². The van der Waals surface area contributed by atoms with Gasteiger partial charge < -0.3 is 10.5 Å². The highest BCUT2D eigenvalue weighted by Crippen LogP contribution is 2.39. The number of benzene rings is 1. The average Bonchev–Trinajstić information content (AvgIpc) is 2.40. The van der Waals surface area contributed by atoms with Crippen molar-refractivity contribution in [1.29, 1.82) is 0 Å². The summed E-state index contributed by atoms with van der Waals surface area (Å²) >= 11 is 0. The molecule has 0 amide bonds. The summed E-state index contributed by atoms with van der Waals surface area (Å²) in [6, 6.07) is 8.40. The van der Waals surface area contributed by atoms with Gasteiger partial charge in [-0.05, 0) is 42.9 Å². The van der Waals surface area contributed by atoms with Gasteiger partial charge in [0, 0.05) is 5.54 Å². The Morgan fingerprint density at radius 3 is 2.61 bits per heavy atom. The molecule has 1 fully saturated rings. The van der Waals surface area contributed by atoms with Crippen molar-refractivity contribution < 1.29 is 4.74 Å². The minimum Gasteiger partial charge on any atom is -0.494 e. The van der Waals surface area contributed by atoms with Crippen LogP contribution >= 0.6 is 0 Å². The Hall–Kier alpha value is -1.02. The number of hydrogen-bond donors (Lipinski definition) is 1. The van der Waals surface area contributed by atoms with Crippen molar-refractivity contribution in [3.05, 3.63) is 29.8 Å². The minimum atomic E-state index is -0.137. The van der Waals surface area contributed by atoms with Gasteiger partial charge in [0.1, 0.15) is 5.75 Å². The molecular weight excluding hydrogens is 222 g/mol. The molecule has 0 spiro atoms. The van der Waals surface area contributed by atoms with Gasteiger partial charge in [0.2, 0.25) is 0 Å². The third-order valence-electron chi connectivity index (χ3n) is 4.22. The van der Waals surface area contributed by atoms with Crippen LogP contribution in [0.15, 0.2) is 24.3 Å². The maximum Gasteiger partial charge on any atom is 0.119 e. The second-order valence-electron chi connectivity index (χ2n) is 5.56. The number of ether oxygens (including phenoxy) is 1. The molecule has 100 valence electrons. The molecule has 1 aliphatic rings. The highest BCUT2D eigenvalue weighted by Gasteiger charge is 2.35. The molecule has 2 atom stereocenters. The normalized spacial score (nSPS) is 28.1.